The Morgan fingerprint density at radius 1 is 1.04 bits per heavy atom. The van der Waals surface area contributed by atoms with Crippen molar-refractivity contribution in [1.29, 1.82) is 0 Å². The van der Waals surface area contributed by atoms with Gasteiger partial charge in [-0.15, -0.1) is 0 Å². The van der Waals surface area contributed by atoms with Crippen molar-refractivity contribution < 1.29 is 14.3 Å². The second-order valence-corrected chi connectivity index (χ2v) is 6.46. The van der Waals surface area contributed by atoms with Crippen molar-refractivity contribution in [3.05, 3.63) is 65.7 Å². The molecule has 1 saturated heterocycles. The molecule has 5 nitrogen and oxygen atoms in total. The van der Waals surface area contributed by atoms with Crippen molar-refractivity contribution in [2.24, 2.45) is 0 Å². The van der Waals surface area contributed by atoms with Crippen LogP contribution in [0.15, 0.2) is 54.6 Å². The molecule has 0 bridgehead atoms. The van der Waals surface area contributed by atoms with Crippen molar-refractivity contribution in [2.75, 3.05) is 13.2 Å². The highest BCUT2D eigenvalue weighted by Gasteiger charge is 2.54. The SMILES string of the molecule is O=C1N[C@]2(CCc3ccccc32)C(=O)N1CCCOc1ccccc1. The summed E-state index contributed by atoms with van der Waals surface area (Å²) in [5.74, 6) is 0.656. The van der Waals surface area contributed by atoms with Crippen LogP contribution in [-0.4, -0.2) is 30.0 Å². The van der Waals surface area contributed by atoms with Crippen LogP contribution in [0.4, 0.5) is 4.79 Å². The quantitative estimate of drug-likeness (QED) is 0.675. The largest absolute Gasteiger partial charge is 0.494 e. The van der Waals surface area contributed by atoms with Crippen LogP contribution >= 0.6 is 0 Å². The molecule has 1 aliphatic heterocycles. The maximum atomic E-state index is 13.0. The Morgan fingerprint density at radius 2 is 1.80 bits per heavy atom. The van der Waals surface area contributed by atoms with Gasteiger partial charge in [0.15, 0.2) is 0 Å². The van der Waals surface area contributed by atoms with E-state index in [4.69, 9.17) is 4.74 Å². The normalized spacial score (nSPS) is 21.5. The van der Waals surface area contributed by atoms with Gasteiger partial charge in [-0.3, -0.25) is 9.69 Å². The maximum Gasteiger partial charge on any atom is 0.325 e. The molecule has 1 aliphatic carbocycles. The Balaban J connectivity index is 1.41. The highest BCUT2D eigenvalue weighted by Crippen LogP contribution is 2.41. The molecule has 1 atom stereocenters. The molecule has 0 aromatic heterocycles. The first-order valence-electron chi connectivity index (χ1n) is 8.61. The molecule has 2 aliphatic rings. The number of benzene rings is 2. The van der Waals surface area contributed by atoms with Crippen LogP contribution in [0.2, 0.25) is 0 Å². The summed E-state index contributed by atoms with van der Waals surface area (Å²) in [5, 5.41) is 2.94. The monoisotopic (exact) mass is 336 g/mol. The average molecular weight is 336 g/mol. The molecule has 2 aromatic carbocycles. The number of ether oxygens (including phenoxy) is 1. The summed E-state index contributed by atoms with van der Waals surface area (Å²) in [4.78, 5) is 26.7. The number of nitrogens with zero attached hydrogens (tertiary/aromatic N) is 1. The van der Waals surface area contributed by atoms with Gasteiger partial charge in [0.1, 0.15) is 11.3 Å². The third kappa shape index (κ3) is 2.65. The van der Waals surface area contributed by atoms with Crippen LogP contribution in [0, 0.1) is 0 Å². The van der Waals surface area contributed by atoms with Gasteiger partial charge in [0.05, 0.1) is 6.61 Å². The molecule has 0 radical (unpaired) electrons. The Bertz CT molecular complexity index is 806. The molecule has 5 heteroatoms. The Morgan fingerprint density at radius 3 is 2.64 bits per heavy atom. The van der Waals surface area contributed by atoms with E-state index in [0.29, 0.717) is 26.0 Å². The fourth-order valence-corrected chi connectivity index (χ4v) is 3.72. The minimum Gasteiger partial charge on any atom is -0.494 e. The van der Waals surface area contributed by atoms with Gasteiger partial charge in [0, 0.05) is 6.54 Å². The van der Waals surface area contributed by atoms with Crippen LogP contribution < -0.4 is 10.1 Å². The summed E-state index contributed by atoms with van der Waals surface area (Å²) in [7, 11) is 0. The molecular weight excluding hydrogens is 316 g/mol. The first-order chi connectivity index (χ1) is 12.2. The van der Waals surface area contributed by atoms with Gasteiger partial charge in [-0.05, 0) is 42.5 Å². The summed E-state index contributed by atoms with van der Waals surface area (Å²) >= 11 is 0. The van der Waals surface area contributed by atoms with Crippen LogP contribution in [0.1, 0.15) is 24.0 Å². The van der Waals surface area contributed by atoms with Crippen molar-refractivity contribution in [1.82, 2.24) is 10.2 Å². The van der Waals surface area contributed by atoms with E-state index in [-0.39, 0.29) is 11.9 Å². The van der Waals surface area contributed by atoms with Crippen molar-refractivity contribution in [2.45, 2.75) is 24.8 Å². The first-order valence-corrected chi connectivity index (χ1v) is 8.61. The number of hydrogen-bond acceptors (Lipinski definition) is 3. The molecule has 128 valence electrons. The molecule has 0 saturated carbocycles. The third-order valence-corrected chi connectivity index (χ3v) is 4.96. The van der Waals surface area contributed by atoms with Gasteiger partial charge in [-0.25, -0.2) is 4.79 Å². The minimum absolute atomic E-state index is 0.137. The molecule has 2 aromatic rings. The lowest BCUT2D eigenvalue weighted by atomic mass is 9.92. The molecule has 3 amide bonds. The van der Waals surface area contributed by atoms with E-state index in [1.54, 1.807) is 0 Å². The van der Waals surface area contributed by atoms with E-state index >= 15 is 0 Å². The van der Waals surface area contributed by atoms with Gasteiger partial charge >= 0.3 is 6.03 Å². The molecule has 0 unspecified atom stereocenters. The number of imide groups is 1. The summed E-state index contributed by atoms with van der Waals surface area (Å²) in [6.07, 6.45) is 2.05. The molecule has 1 N–H and O–H groups in total. The second kappa shape index (κ2) is 6.24. The fraction of sp³-hybridized carbons (Fsp3) is 0.300. The molecule has 25 heavy (non-hydrogen) atoms. The van der Waals surface area contributed by atoms with Gasteiger partial charge in [0.25, 0.3) is 5.91 Å². The summed E-state index contributed by atoms with van der Waals surface area (Å²) in [6.45, 7) is 0.825. The molecular formula is C20H20N2O3. The number of carbonyl (C=O) groups is 2. The number of urea groups is 1. The van der Waals surface area contributed by atoms with E-state index in [0.717, 1.165) is 23.3 Å². The maximum absolute atomic E-state index is 13.0. The van der Waals surface area contributed by atoms with E-state index in [1.165, 1.54) is 4.90 Å². The van der Waals surface area contributed by atoms with Crippen LogP contribution in [0.25, 0.3) is 0 Å². The van der Waals surface area contributed by atoms with Crippen LogP contribution in [0.5, 0.6) is 5.75 Å². The van der Waals surface area contributed by atoms with E-state index in [2.05, 4.69) is 5.32 Å². The summed E-state index contributed by atoms with van der Waals surface area (Å²) in [5.41, 5.74) is 1.22. The van der Waals surface area contributed by atoms with Gasteiger partial charge in [0.2, 0.25) is 0 Å². The van der Waals surface area contributed by atoms with Gasteiger partial charge in [-0.1, -0.05) is 42.5 Å². The van der Waals surface area contributed by atoms with Crippen molar-refractivity contribution >= 4 is 11.9 Å². The van der Waals surface area contributed by atoms with Crippen molar-refractivity contribution in [3.8, 4) is 5.75 Å². The number of carbonyl (C=O) groups excluding carboxylic acids is 2. The van der Waals surface area contributed by atoms with Crippen LogP contribution in [-0.2, 0) is 16.8 Å². The summed E-state index contributed by atoms with van der Waals surface area (Å²) < 4.78 is 5.64. The third-order valence-electron chi connectivity index (χ3n) is 4.96. The van der Waals surface area contributed by atoms with Gasteiger partial charge < -0.3 is 10.1 Å². The van der Waals surface area contributed by atoms with Crippen LogP contribution in [0.3, 0.4) is 0 Å². The topological polar surface area (TPSA) is 58.6 Å². The zero-order chi connectivity index (χ0) is 17.3. The second-order valence-electron chi connectivity index (χ2n) is 6.46. The van der Waals surface area contributed by atoms with Gasteiger partial charge in [-0.2, -0.15) is 0 Å². The number of amides is 3. The minimum atomic E-state index is -0.867. The van der Waals surface area contributed by atoms with Crippen molar-refractivity contribution in [3.63, 3.8) is 0 Å². The zero-order valence-corrected chi connectivity index (χ0v) is 13.9. The highest BCUT2D eigenvalue weighted by atomic mass is 16.5. The smallest absolute Gasteiger partial charge is 0.325 e. The first kappa shape index (κ1) is 15.7. The number of aryl methyl sites for hydroxylation is 1. The van der Waals surface area contributed by atoms with E-state index in [9.17, 15) is 9.59 Å². The van der Waals surface area contributed by atoms with E-state index < -0.39 is 5.54 Å². The summed E-state index contributed by atoms with van der Waals surface area (Å²) in [6, 6.07) is 17.1. The standard InChI is InChI=1S/C20H20N2O3/c23-18-20(12-11-15-7-4-5-10-17(15)20)21-19(24)22(18)13-6-14-25-16-8-2-1-3-9-16/h1-5,7-10H,6,11-14H2,(H,21,24)/t20-/m0/s1. The molecule has 4 rings (SSSR count). The molecule has 1 spiro atoms. The number of fused-ring (bicyclic) bond motifs is 2. The number of rotatable bonds is 5. The number of para-hydroxylation sites is 1. The Kier molecular flexibility index (Phi) is 3.92. The number of nitrogens with one attached hydrogen (secondary N) is 1. The average Bonchev–Trinajstić information content (AvgIpc) is 3.13. The number of hydrogen-bond donors (Lipinski definition) is 1. The zero-order valence-electron chi connectivity index (χ0n) is 13.9. The molecule has 1 fully saturated rings. The Labute approximate surface area is 146 Å². The lowest BCUT2D eigenvalue weighted by molar-refractivity contribution is -0.131. The lowest BCUT2D eigenvalue weighted by Gasteiger charge is -2.22. The lowest BCUT2D eigenvalue weighted by Crippen LogP contribution is -2.42. The molecule has 1 heterocycles. The predicted molar refractivity (Wildman–Crippen MR) is 93.2 cm³/mol. The van der Waals surface area contributed by atoms with E-state index in [1.807, 2.05) is 54.6 Å². The predicted octanol–water partition coefficient (Wildman–Crippen LogP) is 2.85. The Hall–Kier alpha value is -2.82. The highest BCUT2D eigenvalue weighted by molar-refractivity contribution is 6.08. The fourth-order valence-electron chi connectivity index (χ4n) is 3.72.